The van der Waals surface area contributed by atoms with E-state index in [-0.39, 0.29) is 6.10 Å². The van der Waals surface area contributed by atoms with Gasteiger partial charge in [0.25, 0.3) is 0 Å². The van der Waals surface area contributed by atoms with Gasteiger partial charge in [0.2, 0.25) is 0 Å². The molecule has 1 atom stereocenters. The van der Waals surface area contributed by atoms with Crippen LogP contribution in [0.15, 0.2) is 0 Å². The number of hydrogen-bond acceptors (Lipinski definition) is 2. The van der Waals surface area contributed by atoms with Crippen molar-refractivity contribution in [2.24, 2.45) is 11.8 Å². The molecule has 2 nitrogen and oxygen atoms in total. The summed E-state index contributed by atoms with van der Waals surface area (Å²) in [5.74, 6) is 1.35. The highest BCUT2D eigenvalue weighted by Gasteiger charge is 2.34. The first-order chi connectivity index (χ1) is 6.66. The normalized spacial score (nSPS) is 24.6. The van der Waals surface area contributed by atoms with Crippen molar-refractivity contribution in [3.8, 4) is 0 Å². The fraction of sp³-hybridized carbons (Fsp3) is 1.00. The maximum absolute atomic E-state index is 9.87. The summed E-state index contributed by atoms with van der Waals surface area (Å²) in [7, 11) is 0. The molecule has 0 aromatic rings. The topological polar surface area (TPSA) is 23.5 Å². The van der Waals surface area contributed by atoms with Crippen LogP contribution in [-0.4, -0.2) is 35.2 Å². The van der Waals surface area contributed by atoms with Crippen LogP contribution in [0.2, 0.25) is 0 Å². The van der Waals surface area contributed by atoms with Crippen molar-refractivity contribution in [1.82, 2.24) is 4.90 Å². The van der Waals surface area contributed by atoms with E-state index in [4.69, 9.17) is 0 Å². The SMILES string of the molecule is CC(C)C(O)CN(CC1CC1)C1CC1. The summed E-state index contributed by atoms with van der Waals surface area (Å²) in [6.07, 6.45) is 5.42. The molecule has 2 aliphatic rings. The first-order valence-electron chi connectivity index (χ1n) is 6.09. The predicted octanol–water partition coefficient (Wildman–Crippen LogP) is 1.88. The van der Waals surface area contributed by atoms with Crippen molar-refractivity contribution in [3.63, 3.8) is 0 Å². The van der Waals surface area contributed by atoms with Gasteiger partial charge in [0.1, 0.15) is 0 Å². The molecule has 0 aliphatic heterocycles. The fourth-order valence-electron chi connectivity index (χ4n) is 1.90. The van der Waals surface area contributed by atoms with Crippen molar-refractivity contribution in [1.29, 1.82) is 0 Å². The molecule has 1 unspecified atom stereocenters. The van der Waals surface area contributed by atoms with E-state index in [1.54, 1.807) is 0 Å². The van der Waals surface area contributed by atoms with Crippen LogP contribution in [0.1, 0.15) is 39.5 Å². The lowest BCUT2D eigenvalue weighted by Gasteiger charge is -2.26. The lowest BCUT2D eigenvalue weighted by atomic mass is 10.1. The third-order valence-corrected chi connectivity index (χ3v) is 3.44. The molecule has 0 saturated heterocycles. The third kappa shape index (κ3) is 2.96. The Morgan fingerprint density at radius 2 is 1.86 bits per heavy atom. The minimum atomic E-state index is -0.130. The average Bonchev–Trinajstić information content (AvgIpc) is 2.98. The van der Waals surface area contributed by atoms with Crippen LogP contribution < -0.4 is 0 Å². The summed E-state index contributed by atoms with van der Waals surface area (Å²) in [4.78, 5) is 2.53. The molecule has 0 amide bonds. The molecule has 2 heteroatoms. The molecule has 2 saturated carbocycles. The summed E-state index contributed by atoms with van der Waals surface area (Å²) in [5, 5.41) is 9.87. The van der Waals surface area contributed by atoms with Crippen LogP contribution in [0.4, 0.5) is 0 Å². The second-order valence-corrected chi connectivity index (χ2v) is 5.44. The molecular weight excluding hydrogens is 174 g/mol. The molecule has 2 fully saturated rings. The molecule has 0 radical (unpaired) electrons. The van der Waals surface area contributed by atoms with Gasteiger partial charge in [-0.3, -0.25) is 4.90 Å². The molecule has 1 N–H and O–H groups in total. The highest BCUT2D eigenvalue weighted by Crippen LogP contribution is 2.35. The lowest BCUT2D eigenvalue weighted by Crippen LogP contribution is -2.37. The average molecular weight is 197 g/mol. The maximum Gasteiger partial charge on any atom is 0.0690 e. The molecule has 0 heterocycles. The Morgan fingerprint density at radius 1 is 1.21 bits per heavy atom. The van der Waals surface area contributed by atoms with E-state index in [9.17, 15) is 5.11 Å². The summed E-state index contributed by atoms with van der Waals surface area (Å²) >= 11 is 0. The largest absolute Gasteiger partial charge is 0.392 e. The van der Waals surface area contributed by atoms with Gasteiger partial charge in [-0.15, -0.1) is 0 Å². The summed E-state index contributed by atoms with van der Waals surface area (Å²) in [5.41, 5.74) is 0. The summed E-state index contributed by atoms with van der Waals surface area (Å²) in [6.45, 7) is 6.35. The van der Waals surface area contributed by atoms with Crippen molar-refractivity contribution < 1.29 is 5.11 Å². The minimum absolute atomic E-state index is 0.130. The number of aliphatic hydroxyl groups excluding tert-OH is 1. The van der Waals surface area contributed by atoms with Gasteiger partial charge < -0.3 is 5.11 Å². The maximum atomic E-state index is 9.87. The van der Waals surface area contributed by atoms with E-state index in [0.717, 1.165) is 18.5 Å². The van der Waals surface area contributed by atoms with Gasteiger partial charge in [0, 0.05) is 19.1 Å². The van der Waals surface area contributed by atoms with Gasteiger partial charge >= 0.3 is 0 Å². The molecule has 2 rings (SSSR count). The summed E-state index contributed by atoms with van der Waals surface area (Å²) in [6, 6.07) is 0.809. The molecular formula is C12H23NO. The Hall–Kier alpha value is -0.0800. The van der Waals surface area contributed by atoms with Crippen molar-refractivity contribution in [2.75, 3.05) is 13.1 Å². The Balaban J connectivity index is 1.77. The van der Waals surface area contributed by atoms with Crippen molar-refractivity contribution >= 4 is 0 Å². The van der Waals surface area contributed by atoms with Crippen LogP contribution in [0.25, 0.3) is 0 Å². The van der Waals surface area contributed by atoms with Gasteiger partial charge in [-0.2, -0.15) is 0 Å². The van der Waals surface area contributed by atoms with Crippen LogP contribution in [-0.2, 0) is 0 Å². The highest BCUT2D eigenvalue weighted by atomic mass is 16.3. The van der Waals surface area contributed by atoms with E-state index >= 15 is 0 Å². The van der Waals surface area contributed by atoms with Gasteiger partial charge in [0.05, 0.1) is 6.10 Å². The Bertz CT molecular complexity index is 185. The standard InChI is InChI=1S/C12H23NO/c1-9(2)12(14)8-13(11-5-6-11)7-10-3-4-10/h9-12,14H,3-8H2,1-2H3. The molecule has 0 aromatic carbocycles. The van der Waals surface area contributed by atoms with E-state index in [0.29, 0.717) is 5.92 Å². The van der Waals surface area contributed by atoms with Crippen LogP contribution in [0.5, 0.6) is 0 Å². The van der Waals surface area contributed by atoms with Crippen LogP contribution >= 0.6 is 0 Å². The van der Waals surface area contributed by atoms with Gasteiger partial charge in [-0.05, 0) is 37.5 Å². The zero-order valence-electron chi connectivity index (χ0n) is 9.45. The van der Waals surface area contributed by atoms with Crippen molar-refractivity contribution in [3.05, 3.63) is 0 Å². The number of hydrogen-bond donors (Lipinski definition) is 1. The monoisotopic (exact) mass is 197 g/mol. The second kappa shape index (κ2) is 4.19. The van der Waals surface area contributed by atoms with E-state index in [1.165, 1.54) is 32.2 Å². The first kappa shape index (κ1) is 10.4. The lowest BCUT2D eigenvalue weighted by molar-refractivity contribution is 0.0709. The quantitative estimate of drug-likeness (QED) is 0.703. The Morgan fingerprint density at radius 3 is 2.29 bits per heavy atom. The van der Waals surface area contributed by atoms with E-state index in [2.05, 4.69) is 18.7 Å². The third-order valence-electron chi connectivity index (χ3n) is 3.44. The summed E-state index contributed by atoms with van der Waals surface area (Å²) < 4.78 is 0. The molecule has 0 spiro atoms. The highest BCUT2D eigenvalue weighted by molar-refractivity contribution is 4.89. The van der Waals surface area contributed by atoms with Crippen LogP contribution in [0, 0.1) is 11.8 Å². The molecule has 82 valence electrons. The Kier molecular flexibility index (Phi) is 3.13. The molecule has 14 heavy (non-hydrogen) atoms. The number of aliphatic hydroxyl groups is 1. The first-order valence-corrected chi connectivity index (χ1v) is 6.09. The van der Waals surface area contributed by atoms with Crippen LogP contribution in [0.3, 0.4) is 0 Å². The molecule has 0 bridgehead atoms. The van der Waals surface area contributed by atoms with Gasteiger partial charge in [0.15, 0.2) is 0 Å². The van der Waals surface area contributed by atoms with Gasteiger partial charge in [-0.1, -0.05) is 13.8 Å². The molecule has 0 aromatic heterocycles. The van der Waals surface area contributed by atoms with E-state index < -0.39 is 0 Å². The molecule has 2 aliphatic carbocycles. The Labute approximate surface area is 87.3 Å². The minimum Gasteiger partial charge on any atom is -0.392 e. The van der Waals surface area contributed by atoms with Crippen molar-refractivity contribution in [2.45, 2.75) is 51.7 Å². The number of nitrogens with zero attached hydrogens (tertiary/aromatic N) is 1. The zero-order chi connectivity index (χ0) is 10.1. The second-order valence-electron chi connectivity index (χ2n) is 5.44. The van der Waals surface area contributed by atoms with E-state index in [1.807, 2.05) is 0 Å². The smallest absolute Gasteiger partial charge is 0.0690 e. The zero-order valence-corrected chi connectivity index (χ0v) is 9.45. The predicted molar refractivity (Wildman–Crippen MR) is 58.2 cm³/mol. The fourth-order valence-corrected chi connectivity index (χ4v) is 1.90. The van der Waals surface area contributed by atoms with Gasteiger partial charge in [-0.25, -0.2) is 0 Å². The number of rotatable bonds is 6.